The molecule has 0 saturated carbocycles. The van der Waals surface area contributed by atoms with Crippen molar-refractivity contribution >= 4 is 20.6 Å². The van der Waals surface area contributed by atoms with Crippen molar-refractivity contribution in [1.29, 1.82) is 0 Å². The summed E-state index contributed by atoms with van der Waals surface area (Å²) in [5.74, 6) is 1.78. The van der Waals surface area contributed by atoms with Crippen LogP contribution >= 0.6 is 15.9 Å². The van der Waals surface area contributed by atoms with Gasteiger partial charge in [0.15, 0.2) is 0 Å². The summed E-state index contributed by atoms with van der Waals surface area (Å²) in [6.07, 6.45) is 6.36. The number of hydrogen-bond acceptors (Lipinski definition) is 3. The molecule has 3 nitrogen and oxygen atoms in total. The van der Waals surface area contributed by atoms with Crippen molar-refractivity contribution in [2.45, 2.75) is 32.6 Å². The number of aliphatic imine (C=N–C) groups is 1. The van der Waals surface area contributed by atoms with Crippen LogP contribution in [0.15, 0.2) is 17.0 Å². The van der Waals surface area contributed by atoms with Crippen LogP contribution in [0.2, 0.25) is 0 Å². The third-order valence-corrected chi connectivity index (χ3v) is 4.19. The molecule has 0 aromatic rings. The molecule has 1 fully saturated rings. The van der Waals surface area contributed by atoms with E-state index in [2.05, 4.69) is 32.7 Å². The highest BCUT2D eigenvalue weighted by Gasteiger charge is 2.19. The number of ether oxygens (including phenoxy) is 1. The molecule has 0 spiro atoms. The Labute approximate surface area is 112 Å². The van der Waals surface area contributed by atoms with Crippen molar-refractivity contribution in [3.63, 3.8) is 0 Å². The van der Waals surface area contributed by atoms with E-state index in [1.165, 1.54) is 32.5 Å². The van der Waals surface area contributed by atoms with E-state index in [0.29, 0.717) is 0 Å². The molecule has 4 heteroatoms. The number of piperidine rings is 1. The van der Waals surface area contributed by atoms with E-state index >= 15 is 0 Å². The SMILES string of the molecule is CCN1CCC(COC2=CN=C(Br)CC2)CC1. The van der Waals surface area contributed by atoms with E-state index in [0.717, 1.165) is 35.7 Å². The largest absolute Gasteiger partial charge is 0.496 e. The molecule has 2 aliphatic heterocycles. The van der Waals surface area contributed by atoms with Crippen molar-refractivity contribution in [2.24, 2.45) is 10.9 Å². The zero-order valence-corrected chi connectivity index (χ0v) is 12.1. The summed E-state index contributed by atoms with van der Waals surface area (Å²) in [4.78, 5) is 6.75. The Morgan fingerprint density at radius 3 is 2.76 bits per heavy atom. The first-order valence-corrected chi connectivity index (χ1v) is 7.33. The van der Waals surface area contributed by atoms with Gasteiger partial charge < -0.3 is 9.64 Å². The fourth-order valence-electron chi connectivity index (χ4n) is 2.30. The molecule has 0 aromatic carbocycles. The molecule has 0 bridgehead atoms. The first-order valence-electron chi connectivity index (χ1n) is 6.54. The van der Waals surface area contributed by atoms with E-state index in [1.807, 2.05) is 6.20 Å². The quantitative estimate of drug-likeness (QED) is 0.797. The second-order valence-corrected chi connectivity index (χ2v) is 5.70. The maximum Gasteiger partial charge on any atom is 0.115 e. The van der Waals surface area contributed by atoms with Gasteiger partial charge in [-0.25, -0.2) is 0 Å². The fraction of sp³-hybridized carbons (Fsp3) is 0.769. The van der Waals surface area contributed by atoms with Crippen LogP contribution in [0.5, 0.6) is 0 Å². The summed E-state index contributed by atoms with van der Waals surface area (Å²) in [6.45, 7) is 6.75. The molecular weight excluding hydrogens is 280 g/mol. The summed E-state index contributed by atoms with van der Waals surface area (Å²) in [5, 5.41) is 0. The van der Waals surface area contributed by atoms with Crippen LogP contribution in [0.3, 0.4) is 0 Å². The molecule has 0 unspecified atom stereocenters. The van der Waals surface area contributed by atoms with E-state index in [-0.39, 0.29) is 0 Å². The van der Waals surface area contributed by atoms with Gasteiger partial charge in [0.1, 0.15) is 5.76 Å². The van der Waals surface area contributed by atoms with Gasteiger partial charge in [0.2, 0.25) is 0 Å². The highest BCUT2D eigenvalue weighted by atomic mass is 79.9. The Hall–Kier alpha value is -0.350. The Morgan fingerprint density at radius 2 is 2.18 bits per heavy atom. The van der Waals surface area contributed by atoms with Gasteiger partial charge in [-0.05, 0) is 54.3 Å². The predicted octanol–water partition coefficient (Wildman–Crippen LogP) is 3.16. The monoisotopic (exact) mass is 300 g/mol. The van der Waals surface area contributed by atoms with Crippen molar-refractivity contribution in [1.82, 2.24) is 4.90 Å². The van der Waals surface area contributed by atoms with Crippen molar-refractivity contribution in [2.75, 3.05) is 26.2 Å². The van der Waals surface area contributed by atoms with E-state index in [9.17, 15) is 0 Å². The predicted molar refractivity (Wildman–Crippen MR) is 74.5 cm³/mol. The molecule has 0 N–H and O–H groups in total. The third kappa shape index (κ3) is 4.11. The minimum atomic E-state index is 0.730. The van der Waals surface area contributed by atoms with Gasteiger partial charge in [-0.2, -0.15) is 0 Å². The van der Waals surface area contributed by atoms with Crippen LogP contribution in [0, 0.1) is 5.92 Å². The Kier molecular flexibility index (Phi) is 5.04. The second-order valence-electron chi connectivity index (χ2n) is 4.79. The van der Waals surface area contributed by atoms with Crippen LogP contribution in [0.1, 0.15) is 32.6 Å². The standard InChI is InChI=1S/C13H21BrN2O/c1-2-16-7-5-11(6-8-16)10-17-12-3-4-13(14)15-9-12/h9,11H,2-8,10H2,1H3. The molecule has 0 aliphatic carbocycles. The number of rotatable bonds is 4. The van der Waals surface area contributed by atoms with Gasteiger partial charge in [0.25, 0.3) is 0 Å². The number of nitrogens with zero attached hydrogens (tertiary/aromatic N) is 2. The average Bonchev–Trinajstić information content (AvgIpc) is 2.39. The van der Waals surface area contributed by atoms with Crippen molar-refractivity contribution < 1.29 is 4.74 Å². The maximum absolute atomic E-state index is 5.85. The van der Waals surface area contributed by atoms with Crippen LogP contribution in [-0.4, -0.2) is 35.8 Å². The second kappa shape index (κ2) is 6.55. The molecule has 0 amide bonds. The molecule has 96 valence electrons. The molecule has 2 aliphatic rings. The van der Waals surface area contributed by atoms with Crippen LogP contribution in [0.4, 0.5) is 0 Å². The first-order chi connectivity index (χ1) is 8.28. The summed E-state index contributed by atoms with van der Waals surface area (Å²) in [6, 6.07) is 0. The highest BCUT2D eigenvalue weighted by Crippen LogP contribution is 2.21. The van der Waals surface area contributed by atoms with E-state index in [4.69, 9.17) is 4.74 Å². The zero-order valence-electron chi connectivity index (χ0n) is 10.5. The molecular formula is C13H21BrN2O. The first kappa shape index (κ1) is 13.1. The van der Waals surface area contributed by atoms with Crippen molar-refractivity contribution in [3.8, 4) is 0 Å². The van der Waals surface area contributed by atoms with Crippen LogP contribution in [-0.2, 0) is 4.74 Å². The van der Waals surface area contributed by atoms with Crippen LogP contribution in [0.25, 0.3) is 0 Å². The van der Waals surface area contributed by atoms with Gasteiger partial charge in [-0.3, -0.25) is 4.99 Å². The van der Waals surface area contributed by atoms with Gasteiger partial charge in [-0.1, -0.05) is 6.92 Å². The summed E-state index contributed by atoms with van der Waals surface area (Å²) < 4.78 is 6.88. The molecule has 0 aromatic heterocycles. The Bertz CT molecular complexity index is 307. The molecule has 0 atom stereocenters. The molecule has 17 heavy (non-hydrogen) atoms. The lowest BCUT2D eigenvalue weighted by Gasteiger charge is -2.31. The van der Waals surface area contributed by atoms with Crippen LogP contribution < -0.4 is 0 Å². The Morgan fingerprint density at radius 1 is 1.41 bits per heavy atom. The lowest BCUT2D eigenvalue weighted by atomic mass is 9.98. The van der Waals surface area contributed by atoms with Gasteiger partial charge in [-0.15, -0.1) is 0 Å². The summed E-state index contributed by atoms with van der Waals surface area (Å²) in [5.41, 5.74) is 0. The maximum atomic E-state index is 5.85. The normalized spacial score (nSPS) is 23.2. The third-order valence-electron chi connectivity index (χ3n) is 3.59. The number of halogens is 1. The van der Waals surface area contributed by atoms with Gasteiger partial charge in [0.05, 0.1) is 17.4 Å². The topological polar surface area (TPSA) is 24.8 Å². The minimum Gasteiger partial charge on any atom is -0.496 e. The Balaban J connectivity index is 1.69. The lowest BCUT2D eigenvalue weighted by Crippen LogP contribution is -2.34. The number of hydrogen-bond donors (Lipinski definition) is 0. The van der Waals surface area contributed by atoms with Gasteiger partial charge >= 0.3 is 0 Å². The lowest BCUT2D eigenvalue weighted by molar-refractivity contribution is 0.105. The molecule has 0 radical (unpaired) electrons. The fourth-order valence-corrected chi connectivity index (χ4v) is 2.60. The number of likely N-dealkylation sites (tertiary alicyclic amines) is 1. The van der Waals surface area contributed by atoms with Crippen molar-refractivity contribution in [3.05, 3.63) is 12.0 Å². The van der Waals surface area contributed by atoms with E-state index in [1.54, 1.807) is 0 Å². The summed E-state index contributed by atoms with van der Waals surface area (Å²) >= 11 is 3.40. The molecule has 1 saturated heterocycles. The summed E-state index contributed by atoms with van der Waals surface area (Å²) in [7, 11) is 0. The average molecular weight is 301 g/mol. The highest BCUT2D eigenvalue weighted by molar-refractivity contribution is 9.18. The molecule has 2 heterocycles. The molecule has 2 rings (SSSR count). The smallest absolute Gasteiger partial charge is 0.115 e. The van der Waals surface area contributed by atoms with E-state index < -0.39 is 0 Å². The number of allylic oxidation sites excluding steroid dienone is 1. The van der Waals surface area contributed by atoms with Gasteiger partial charge in [0, 0.05) is 12.8 Å². The minimum absolute atomic E-state index is 0.730. The zero-order chi connectivity index (χ0) is 12.1.